The maximum atomic E-state index is 13.3. The van der Waals surface area contributed by atoms with Gasteiger partial charge in [0.1, 0.15) is 11.9 Å². The Balaban J connectivity index is 1.65. The molecule has 0 aliphatic carbocycles. The quantitative estimate of drug-likeness (QED) is 0.562. The van der Waals surface area contributed by atoms with Gasteiger partial charge in [0.15, 0.2) is 5.82 Å². The number of fused-ring (bicyclic) bond motifs is 1. The summed E-state index contributed by atoms with van der Waals surface area (Å²) in [6, 6.07) is 9.67. The highest BCUT2D eigenvalue weighted by atomic mass is 19.4. The first-order valence-electron chi connectivity index (χ1n) is 10.7. The first kappa shape index (κ1) is 22.3. The molecule has 0 spiro atoms. The Morgan fingerprint density at radius 2 is 1.91 bits per heavy atom. The molecule has 3 aromatic rings. The fourth-order valence-electron chi connectivity index (χ4n) is 4.34. The van der Waals surface area contributed by atoms with Gasteiger partial charge >= 0.3 is 6.18 Å². The molecule has 2 aromatic carbocycles. The summed E-state index contributed by atoms with van der Waals surface area (Å²) in [5, 5.41) is 13.6. The molecule has 0 radical (unpaired) electrons. The number of nitrogens with zero attached hydrogens (tertiary/aromatic N) is 3. The average molecular weight is 445 g/mol. The van der Waals surface area contributed by atoms with Crippen LogP contribution in [0.3, 0.4) is 0 Å². The van der Waals surface area contributed by atoms with Gasteiger partial charge in [-0.2, -0.15) is 18.3 Å². The van der Waals surface area contributed by atoms with E-state index < -0.39 is 17.8 Å². The molecule has 5 nitrogen and oxygen atoms in total. The molecule has 32 heavy (non-hydrogen) atoms. The first-order valence-corrected chi connectivity index (χ1v) is 10.7. The number of rotatable bonds is 5. The van der Waals surface area contributed by atoms with Crippen molar-refractivity contribution in [1.82, 2.24) is 15.1 Å². The van der Waals surface area contributed by atoms with Crippen LogP contribution in [0.1, 0.15) is 41.8 Å². The number of likely N-dealkylation sites (N-methyl/N-ethyl adjacent to an activating group) is 1. The van der Waals surface area contributed by atoms with Crippen molar-refractivity contribution in [2.75, 3.05) is 25.5 Å². The van der Waals surface area contributed by atoms with Crippen LogP contribution in [0, 0.1) is 13.8 Å². The Kier molecular flexibility index (Phi) is 5.99. The van der Waals surface area contributed by atoms with Crippen LogP contribution in [0.15, 0.2) is 36.4 Å². The molecule has 1 N–H and O–H groups in total. The fraction of sp³-hybridized carbons (Fsp3) is 0.417. The minimum atomic E-state index is -4.39. The lowest BCUT2D eigenvalue weighted by molar-refractivity contribution is -0.138. The van der Waals surface area contributed by atoms with Crippen LogP contribution in [0.25, 0.3) is 10.8 Å². The Morgan fingerprint density at radius 3 is 2.59 bits per heavy atom. The van der Waals surface area contributed by atoms with Crippen molar-refractivity contribution in [1.29, 1.82) is 0 Å². The van der Waals surface area contributed by atoms with Gasteiger partial charge in [-0.25, -0.2) is 0 Å². The van der Waals surface area contributed by atoms with Gasteiger partial charge < -0.3 is 15.0 Å². The number of ether oxygens (including phenoxy) is 1. The molecular formula is C24H27F3N4O. The van der Waals surface area contributed by atoms with E-state index in [1.807, 2.05) is 32.0 Å². The van der Waals surface area contributed by atoms with Gasteiger partial charge in [0.25, 0.3) is 0 Å². The monoisotopic (exact) mass is 444 g/mol. The SMILES string of the molecule is Cc1c([C@@H](C)Nc2nnc(C)c3ccc(O[C@H]4CCN(C)C4)cc23)cccc1C(F)(F)F. The molecule has 1 fully saturated rings. The van der Waals surface area contributed by atoms with Crippen LogP contribution < -0.4 is 10.1 Å². The molecule has 0 unspecified atom stereocenters. The molecule has 1 aromatic heterocycles. The van der Waals surface area contributed by atoms with Crippen LogP contribution in [-0.4, -0.2) is 41.3 Å². The number of alkyl halides is 3. The lowest BCUT2D eigenvalue weighted by atomic mass is 9.97. The molecule has 8 heteroatoms. The Bertz CT molecular complexity index is 1130. The van der Waals surface area contributed by atoms with E-state index in [1.54, 1.807) is 6.07 Å². The smallest absolute Gasteiger partial charge is 0.416 e. The molecule has 4 rings (SSSR count). The zero-order valence-corrected chi connectivity index (χ0v) is 18.6. The number of halogens is 3. The van der Waals surface area contributed by atoms with E-state index in [4.69, 9.17) is 4.74 Å². The zero-order chi connectivity index (χ0) is 23.0. The van der Waals surface area contributed by atoms with Crippen LogP contribution >= 0.6 is 0 Å². The summed E-state index contributed by atoms with van der Waals surface area (Å²) >= 11 is 0. The van der Waals surface area contributed by atoms with Crippen molar-refractivity contribution in [3.63, 3.8) is 0 Å². The number of nitrogens with one attached hydrogen (secondary N) is 1. The molecule has 1 aliphatic rings. The first-order chi connectivity index (χ1) is 15.1. The highest BCUT2D eigenvalue weighted by Crippen LogP contribution is 2.36. The number of likely N-dealkylation sites (tertiary alicyclic amines) is 1. The topological polar surface area (TPSA) is 50.3 Å². The fourth-order valence-corrected chi connectivity index (χ4v) is 4.34. The average Bonchev–Trinajstić information content (AvgIpc) is 3.14. The van der Waals surface area contributed by atoms with Crippen molar-refractivity contribution in [2.45, 2.75) is 45.5 Å². The molecular weight excluding hydrogens is 417 g/mol. The third-order valence-corrected chi connectivity index (χ3v) is 6.09. The summed E-state index contributed by atoms with van der Waals surface area (Å²) in [5.74, 6) is 1.26. The summed E-state index contributed by atoms with van der Waals surface area (Å²) in [6.45, 7) is 7.09. The van der Waals surface area contributed by atoms with Crippen molar-refractivity contribution in [2.24, 2.45) is 0 Å². The van der Waals surface area contributed by atoms with Gasteiger partial charge in [-0.1, -0.05) is 12.1 Å². The van der Waals surface area contributed by atoms with Crippen LogP contribution in [0.4, 0.5) is 19.0 Å². The summed E-state index contributed by atoms with van der Waals surface area (Å²) in [6.07, 6.45) is -3.29. The van der Waals surface area contributed by atoms with Crippen LogP contribution in [-0.2, 0) is 6.18 Å². The van der Waals surface area contributed by atoms with E-state index in [-0.39, 0.29) is 11.7 Å². The number of aryl methyl sites for hydroxylation is 1. The lowest BCUT2D eigenvalue weighted by Gasteiger charge is -2.21. The number of aromatic nitrogens is 2. The summed E-state index contributed by atoms with van der Waals surface area (Å²) in [5.41, 5.74) is 0.928. The largest absolute Gasteiger partial charge is 0.489 e. The summed E-state index contributed by atoms with van der Waals surface area (Å²) in [4.78, 5) is 2.23. The lowest BCUT2D eigenvalue weighted by Crippen LogP contribution is -2.21. The van der Waals surface area contributed by atoms with E-state index in [9.17, 15) is 13.2 Å². The van der Waals surface area contributed by atoms with Crippen LogP contribution in [0.5, 0.6) is 5.75 Å². The molecule has 0 bridgehead atoms. The minimum Gasteiger partial charge on any atom is -0.489 e. The van der Waals surface area contributed by atoms with Crippen LogP contribution in [0.2, 0.25) is 0 Å². The molecule has 170 valence electrons. The third kappa shape index (κ3) is 4.50. The highest BCUT2D eigenvalue weighted by Gasteiger charge is 2.33. The molecule has 1 aliphatic heterocycles. The number of hydrogen-bond acceptors (Lipinski definition) is 5. The zero-order valence-electron chi connectivity index (χ0n) is 18.6. The molecule has 0 saturated carbocycles. The van der Waals surface area contributed by atoms with Gasteiger partial charge in [0, 0.05) is 23.9 Å². The van der Waals surface area contributed by atoms with Gasteiger partial charge in [0.05, 0.1) is 17.3 Å². The van der Waals surface area contributed by atoms with E-state index in [0.717, 1.165) is 47.8 Å². The predicted octanol–water partition coefficient (Wildman–Crippen LogP) is 5.52. The second-order valence-electron chi connectivity index (χ2n) is 8.52. The van der Waals surface area contributed by atoms with Crippen molar-refractivity contribution in [3.05, 3.63) is 58.8 Å². The second kappa shape index (κ2) is 8.58. The minimum absolute atomic E-state index is 0.136. The number of benzene rings is 2. The number of hydrogen-bond donors (Lipinski definition) is 1. The van der Waals surface area contributed by atoms with Gasteiger partial charge in [0.2, 0.25) is 0 Å². The second-order valence-corrected chi connectivity index (χ2v) is 8.52. The standard InChI is InChI=1S/C24H27F3N4O/c1-14-19(6-5-7-22(14)24(25,26)27)15(2)28-23-21-12-17(32-18-10-11-31(4)13-18)8-9-20(21)16(3)29-30-23/h5-9,12,15,18H,10-11,13H2,1-4H3,(H,28,30)/t15-,18+/m1/s1. The Hall–Kier alpha value is -2.87. The van der Waals surface area contributed by atoms with E-state index in [0.29, 0.717) is 11.4 Å². The van der Waals surface area contributed by atoms with Crippen molar-refractivity contribution >= 4 is 16.6 Å². The van der Waals surface area contributed by atoms with E-state index in [1.165, 1.54) is 13.0 Å². The Labute approximate surface area is 185 Å². The predicted molar refractivity (Wildman–Crippen MR) is 119 cm³/mol. The molecule has 0 amide bonds. The third-order valence-electron chi connectivity index (χ3n) is 6.09. The molecule has 2 heterocycles. The summed E-state index contributed by atoms with van der Waals surface area (Å²) in [7, 11) is 2.07. The van der Waals surface area contributed by atoms with Gasteiger partial charge in [-0.3, -0.25) is 0 Å². The van der Waals surface area contributed by atoms with Gasteiger partial charge in [-0.05, 0) is 69.6 Å². The van der Waals surface area contributed by atoms with Gasteiger partial charge in [-0.15, -0.1) is 5.10 Å². The number of anilines is 1. The maximum Gasteiger partial charge on any atom is 0.416 e. The molecule has 1 saturated heterocycles. The maximum absolute atomic E-state index is 13.3. The normalized spacial score (nSPS) is 18.2. The molecule has 2 atom stereocenters. The van der Waals surface area contributed by atoms with E-state index >= 15 is 0 Å². The van der Waals surface area contributed by atoms with Crippen molar-refractivity contribution in [3.8, 4) is 5.75 Å². The van der Waals surface area contributed by atoms with E-state index in [2.05, 4.69) is 27.5 Å². The summed E-state index contributed by atoms with van der Waals surface area (Å²) < 4.78 is 46.2. The van der Waals surface area contributed by atoms with Crippen molar-refractivity contribution < 1.29 is 17.9 Å². The Morgan fingerprint density at radius 1 is 1.12 bits per heavy atom. The highest BCUT2D eigenvalue weighted by molar-refractivity contribution is 5.94.